The number of piperidine rings is 1. The van der Waals surface area contributed by atoms with Gasteiger partial charge in [0, 0.05) is 17.8 Å². The SMILES string of the molecule is O=C(Nc1ccc(F)cc1)C1CCCN(Cc2nc(-c3ccccc3)no2)C1. The van der Waals surface area contributed by atoms with Crippen LogP contribution in [0.2, 0.25) is 0 Å². The van der Waals surface area contributed by atoms with Gasteiger partial charge in [-0.3, -0.25) is 9.69 Å². The van der Waals surface area contributed by atoms with Gasteiger partial charge in [0.2, 0.25) is 17.6 Å². The summed E-state index contributed by atoms with van der Waals surface area (Å²) in [4.78, 5) is 19.2. The van der Waals surface area contributed by atoms with Crippen molar-refractivity contribution in [3.63, 3.8) is 0 Å². The van der Waals surface area contributed by atoms with E-state index < -0.39 is 0 Å². The number of carbonyl (C=O) groups is 1. The molecule has 0 saturated carbocycles. The van der Waals surface area contributed by atoms with Crippen molar-refractivity contribution in [2.45, 2.75) is 19.4 Å². The molecule has 2 aromatic carbocycles. The van der Waals surface area contributed by atoms with Gasteiger partial charge in [0.05, 0.1) is 12.5 Å². The highest BCUT2D eigenvalue weighted by atomic mass is 19.1. The van der Waals surface area contributed by atoms with Crippen LogP contribution >= 0.6 is 0 Å². The van der Waals surface area contributed by atoms with Gasteiger partial charge >= 0.3 is 0 Å². The van der Waals surface area contributed by atoms with Crippen LogP contribution in [0.5, 0.6) is 0 Å². The summed E-state index contributed by atoms with van der Waals surface area (Å²) in [6.07, 6.45) is 1.74. The maximum Gasteiger partial charge on any atom is 0.241 e. The molecule has 1 aliphatic rings. The Labute approximate surface area is 162 Å². The zero-order valence-electron chi connectivity index (χ0n) is 15.3. The molecular formula is C21H21FN4O2. The van der Waals surface area contributed by atoms with Gasteiger partial charge in [-0.05, 0) is 43.7 Å². The first-order valence-electron chi connectivity index (χ1n) is 9.34. The molecule has 0 radical (unpaired) electrons. The molecular weight excluding hydrogens is 359 g/mol. The van der Waals surface area contributed by atoms with Crippen molar-refractivity contribution in [3.8, 4) is 11.4 Å². The summed E-state index contributed by atoms with van der Waals surface area (Å²) in [7, 11) is 0. The molecule has 1 fully saturated rings. The van der Waals surface area contributed by atoms with Crippen LogP contribution in [-0.4, -0.2) is 34.0 Å². The van der Waals surface area contributed by atoms with E-state index in [0.717, 1.165) is 24.9 Å². The lowest BCUT2D eigenvalue weighted by Crippen LogP contribution is -2.40. The highest BCUT2D eigenvalue weighted by Crippen LogP contribution is 2.21. The molecule has 2 heterocycles. The summed E-state index contributed by atoms with van der Waals surface area (Å²) in [6.45, 7) is 2.01. The minimum absolute atomic E-state index is 0.0492. The van der Waals surface area contributed by atoms with E-state index in [0.29, 0.717) is 30.5 Å². The zero-order chi connectivity index (χ0) is 19.3. The number of anilines is 1. The number of hydrogen-bond acceptors (Lipinski definition) is 5. The van der Waals surface area contributed by atoms with Crippen LogP contribution in [0.3, 0.4) is 0 Å². The number of benzene rings is 2. The monoisotopic (exact) mass is 380 g/mol. The molecule has 6 nitrogen and oxygen atoms in total. The molecule has 1 unspecified atom stereocenters. The first kappa shape index (κ1) is 18.3. The minimum atomic E-state index is -0.323. The molecule has 0 bridgehead atoms. The Hall–Kier alpha value is -3.06. The number of amides is 1. The second-order valence-electron chi connectivity index (χ2n) is 6.95. The molecule has 7 heteroatoms. The number of nitrogens with zero attached hydrogens (tertiary/aromatic N) is 3. The fraction of sp³-hybridized carbons (Fsp3) is 0.286. The standard InChI is InChI=1S/C21H21FN4O2/c22-17-8-10-18(11-9-17)23-21(27)16-7-4-12-26(13-16)14-19-24-20(25-28-19)15-5-2-1-3-6-15/h1-3,5-6,8-11,16H,4,7,12-14H2,(H,23,27). The molecule has 1 saturated heterocycles. The van der Waals surface area contributed by atoms with Crippen molar-refractivity contribution in [3.05, 3.63) is 66.3 Å². The number of carbonyl (C=O) groups excluding carboxylic acids is 1. The maximum atomic E-state index is 13.0. The molecule has 28 heavy (non-hydrogen) atoms. The second kappa shape index (κ2) is 8.31. The van der Waals surface area contributed by atoms with Gasteiger partial charge in [-0.1, -0.05) is 35.5 Å². The molecule has 1 atom stereocenters. The third kappa shape index (κ3) is 4.43. The topological polar surface area (TPSA) is 71.3 Å². The van der Waals surface area contributed by atoms with E-state index in [1.165, 1.54) is 12.1 Å². The average molecular weight is 380 g/mol. The summed E-state index contributed by atoms with van der Waals surface area (Å²) in [5.74, 6) is 0.607. The Morgan fingerprint density at radius 3 is 2.75 bits per heavy atom. The van der Waals surface area contributed by atoms with Crippen LogP contribution in [-0.2, 0) is 11.3 Å². The van der Waals surface area contributed by atoms with E-state index in [1.54, 1.807) is 12.1 Å². The van der Waals surface area contributed by atoms with E-state index in [1.807, 2.05) is 30.3 Å². The summed E-state index contributed by atoms with van der Waals surface area (Å²) < 4.78 is 18.4. The van der Waals surface area contributed by atoms with Crippen LogP contribution in [0.4, 0.5) is 10.1 Å². The number of likely N-dealkylation sites (tertiary alicyclic amines) is 1. The molecule has 0 aliphatic carbocycles. The molecule has 4 rings (SSSR count). The van der Waals surface area contributed by atoms with E-state index in [-0.39, 0.29) is 17.6 Å². The highest BCUT2D eigenvalue weighted by Gasteiger charge is 2.27. The Balaban J connectivity index is 1.35. The number of aromatic nitrogens is 2. The lowest BCUT2D eigenvalue weighted by Gasteiger charge is -2.30. The van der Waals surface area contributed by atoms with Crippen molar-refractivity contribution >= 4 is 11.6 Å². The first-order chi connectivity index (χ1) is 13.7. The fourth-order valence-electron chi connectivity index (χ4n) is 3.41. The van der Waals surface area contributed by atoms with Gasteiger partial charge in [0.15, 0.2) is 0 Å². The molecule has 1 aliphatic heterocycles. The largest absolute Gasteiger partial charge is 0.338 e. The molecule has 3 aromatic rings. The van der Waals surface area contributed by atoms with Gasteiger partial charge in [0.1, 0.15) is 5.82 Å². The summed E-state index contributed by atoms with van der Waals surface area (Å²) >= 11 is 0. The Morgan fingerprint density at radius 1 is 1.18 bits per heavy atom. The summed E-state index contributed by atoms with van der Waals surface area (Å²) in [6, 6.07) is 15.5. The third-order valence-corrected chi connectivity index (χ3v) is 4.85. The van der Waals surface area contributed by atoms with E-state index in [9.17, 15) is 9.18 Å². The molecule has 1 aromatic heterocycles. The van der Waals surface area contributed by atoms with E-state index in [4.69, 9.17) is 4.52 Å². The Morgan fingerprint density at radius 2 is 1.96 bits per heavy atom. The number of hydrogen-bond donors (Lipinski definition) is 1. The van der Waals surface area contributed by atoms with Gasteiger partial charge < -0.3 is 9.84 Å². The fourth-order valence-corrected chi connectivity index (χ4v) is 3.41. The summed E-state index contributed by atoms with van der Waals surface area (Å²) in [5.41, 5.74) is 1.51. The van der Waals surface area contributed by atoms with Crippen molar-refractivity contribution < 1.29 is 13.7 Å². The lowest BCUT2D eigenvalue weighted by molar-refractivity contribution is -0.121. The van der Waals surface area contributed by atoms with Crippen molar-refractivity contribution in [1.29, 1.82) is 0 Å². The van der Waals surface area contributed by atoms with Crippen LogP contribution in [0, 0.1) is 11.7 Å². The smallest absolute Gasteiger partial charge is 0.241 e. The van der Waals surface area contributed by atoms with Gasteiger partial charge in [-0.25, -0.2) is 4.39 Å². The van der Waals surface area contributed by atoms with Crippen LogP contribution in [0.1, 0.15) is 18.7 Å². The molecule has 1 N–H and O–H groups in total. The predicted molar refractivity (Wildman–Crippen MR) is 103 cm³/mol. The lowest BCUT2D eigenvalue weighted by atomic mass is 9.97. The molecule has 0 spiro atoms. The van der Waals surface area contributed by atoms with Crippen molar-refractivity contribution in [1.82, 2.24) is 15.0 Å². The van der Waals surface area contributed by atoms with E-state index in [2.05, 4.69) is 20.4 Å². The number of nitrogens with one attached hydrogen (secondary N) is 1. The van der Waals surface area contributed by atoms with Crippen LogP contribution < -0.4 is 5.32 Å². The predicted octanol–water partition coefficient (Wildman–Crippen LogP) is 3.73. The minimum Gasteiger partial charge on any atom is -0.338 e. The highest BCUT2D eigenvalue weighted by molar-refractivity contribution is 5.92. The normalized spacial score (nSPS) is 17.4. The molecule has 144 valence electrons. The maximum absolute atomic E-state index is 13.0. The van der Waals surface area contributed by atoms with Crippen molar-refractivity contribution in [2.75, 3.05) is 18.4 Å². The van der Waals surface area contributed by atoms with Crippen LogP contribution in [0.15, 0.2) is 59.1 Å². The average Bonchev–Trinajstić information content (AvgIpc) is 3.19. The van der Waals surface area contributed by atoms with E-state index >= 15 is 0 Å². The zero-order valence-corrected chi connectivity index (χ0v) is 15.3. The quantitative estimate of drug-likeness (QED) is 0.730. The summed E-state index contributed by atoms with van der Waals surface area (Å²) in [5, 5.41) is 6.91. The number of rotatable bonds is 5. The van der Waals surface area contributed by atoms with Gasteiger partial charge in [-0.2, -0.15) is 4.98 Å². The first-order valence-corrected chi connectivity index (χ1v) is 9.34. The Bertz CT molecular complexity index is 927. The van der Waals surface area contributed by atoms with Crippen molar-refractivity contribution in [2.24, 2.45) is 5.92 Å². The molecule has 1 amide bonds. The van der Waals surface area contributed by atoms with Gasteiger partial charge in [0.25, 0.3) is 0 Å². The number of halogens is 1. The second-order valence-corrected chi connectivity index (χ2v) is 6.95. The van der Waals surface area contributed by atoms with Gasteiger partial charge in [-0.15, -0.1) is 0 Å². The third-order valence-electron chi connectivity index (χ3n) is 4.85. The Kier molecular flexibility index (Phi) is 5.43. The van der Waals surface area contributed by atoms with Crippen LogP contribution in [0.25, 0.3) is 11.4 Å².